The van der Waals surface area contributed by atoms with Crippen molar-refractivity contribution in [3.8, 4) is 5.82 Å². The third kappa shape index (κ3) is 5.58. The molecule has 0 saturated carbocycles. The summed E-state index contributed by atoms with van der Waals surface area (Å²) in [5, 5.41) is 18.6. The number of hydrogen-bond donors (Lipinski definition) is 2. The maximum atomic E-state index is 12.8. The summed E-state index contributed by atoms with van der Waals surface area (Å²) in [6.45, 7) is 3.85. The second-order valence-electron chi connectivity index (χ2n) is 7.74. The van der Waals surface area contributed by atoms with Crippen molar-refractivity contribution >= 4 is 23.1 Å². The van der Waals surface area contributed by atoms with Crippen molar-refractivity contribution in [2.45, 2.75) is 26.4 Å². The molecule has 0 saturated heterocycles. The molecule has 2 aromatic heterocycles. The topological polar surface area (TPSA) is 84.7 Å². The van der Waals surface area contributed by atoms with Crippen LogP contribution in [-0.2, 0) is 17.4 Å². The molecule has 0 aliphatic carbocycles. The Bertz CT molecular complexity index is 1300. The first-order chi connectivity index (χ1) is 16.2. The van der Waals surface area contributed by atoms with Crippen molar-refractivity contribution in [1.29, 1.82) is 0 Å². The van der Waals surface area contributed by atoms with E-state index in [0.29, 0.717) is 17.3 Å². The molecule has 0 unspecified atom stereocenters. The Hall–Kier alpha value is -4.21. The smallest absolute Gasteiger partial charge is 0.339 e. The fourth-order valence-electron chi connectivity index (χ4n) is 3.40. The Balaban J connectivity index is 1.35. The van der Waals surface area contributed by atoms with Gasteiger partial charge in [-0.05, 0) is 67.9 Å². The maximum Gasteiger partial charge on any atom is 0.416 e. The molecular formula is C24H21F3N6O. The van der Waals surface area contributed by atoms with Gasteiger partial charge in [0.15, 0.2) is 11.6 Å². The van der Waals surface area contributed by atoms with Crippen LogP contribution in [0.1, 0.15) is 22.5 Å². The number of nitrogens with zero attached hydrogens (tertiary/aromatic N) is 4. The molecule has 2 N–H and O–H groups in total. The Morgan fingerprint density at radius 3 is 2.29 bits per heavy atom. The molecule has 174 valence electrons. The molecule has 0 spiro atoms. The monoisotopic (exact) mass is 466 g/mol. The lowest BCUT2D eigenvalue weighted by atomic mass is 10.1. The zero-order valence-electron chi connectivity index (χ0n) is 18.4. The normalized spacial score (nSPS) is 11.3. The van der Waals surface area contributed by atoms with E-state index in [2.05, 4.69) is 25.9 Å². The van der Waals surface area contributed by atoms with E-state index >= 15 is 0 Å². The minimum atomic E-state index is -4.45. The zero-order chi connectivity index (χ0) is 24.3. The van der Waals surface area contributed by atoms with Crippen LogP contribution in [0.5, 0.6) is 0 Å². The van der Waals surface area contributed by atoms with Gasteiger partial charge in [0.2, 0.25) is 5.91 Å². The number of nitrogens with one attached hydrogen (secondary N) is 2. The standard InChI is InChI=1S/C24H21F3N6O/c1-15-12-16(2)33(32-15)22-11-10-21(30-31-22)28-19-6-8-20(9-7-19)29-23(34)14-17-4-3-5-18(13-17)24(25,26)27/h3-13H,14H2,1-2H3,(H,28,30)(H,29,34). The third-order valence-corrected chi connectivity index (χ3v) is 4.94. The molecule has 10 heteroatoms. The highest BCUT2D eigenvalue weighted by molar-refractivity contribution is 5.92. The first-order valence-corrected chi connectivity index (χ1v) is 10.4. The predicted molar refractivity (Wildman–Crippen MR) is 122 cm³/mol. The second kappa shape index (κ2) is 9.34. The van der Waals surface area contributed by atoms with Gasteiger partial charge in [-0.2, -0.15) is 18.3 Å². The van der Waals surface area contributed by atoms with Gasteiger partial charge >= 0.3 is 6.18 Å². The molecule has 7 nitrogen and oxygen atoms in total. The van der Waals surface area contributed by atoms with E-state index < -0.39 is 17.6 Å². The van der Waals surface area contributed by atoms with Crippen LogP contribution in [-0.4, -0.2) is 25.9 Å². The number of aromatic nitrogens is 4. The molecule has 0 aliphatic heterocycles. The molecule has 1 amide bonds. The van der Waals surface area contributed by atoms with Gasteiger partial charge in [0.05, 0.1) is 17.7 Å². The summed E-state index contributed by atoms with van der Waals surface area (Å²) in [7, 11) is 0. The first kappa shape index (κ1) is 23.0. The zero-order valence-corrected chi connectivity index (χ0v) is 18.4. The average molecular weight is 466 g/mol. The van der Waals surface area contributed by atoms with E-state index in [1.807, 2.05) is 19.9 Å². The summed E-state index contributed by atoms with van der Waals surface area (Å²) >= 11 is 0. The summed E-state index contributed by atoms with van der Waals surface area (Å²) in [5.41, 5.74) is 2.60. The number of carbonyl (C=O) groups excluding carboxylic acids is 1. The van der Waals surface area contributed by atoms with Crippen molar-refractivity contribution in [1.82, 2.24) is 20.0 Å². The Morgan fingerprint density at radius 2 is 1.68 bits per heavy atom. The highest BCUT2D eigenvalue weighted by Crippen LogP contribution is 2.29. The number of hydrogen-bond acceptors (Lipinski definition) is 5. The molecule has 2 heterocycles. The number of alkyl halides is 3. The first-order valence-electron chi connectivity index (χ1n) is 10.4. The fourth-order valence-corrected chi connectivity index (χ4v) is 3.40. The number of amides is 1. The Labute approximate surface area is 193 Å². The van der Waals surface area contributed by atoms with Gasteiger partial charge < -0.3 is 10.6 Å². The number of halogens is 3. The Kier molecular flexibility index (Phi) is 6.31. The van der Waals surface area contributed by atoms with Crippen LogP contribution in [0.4, 0.5) is 30.4 Å². The van der Waals surface area contributed by atoms with Gasteiger partial charge in [0.25, 0.3) is 0 Å². The van der Waals surface area contributed by atoms with Crippen LogP contribution < -0.4 is 10.6 Å². The molecule has 2 aromatic carbocycles. The van der Waals surface area contributed by atoms with Crippen molar-refractivity contribution in [3.63, 3.8) is 0 Å². The van der Waals surface area contributed by atoms with E-state index in [1.165, 1.54) is 12.1 Å². The maximum absolute atomic E-state index is 12.8. The van der Waals surface area contributed by atoms with Crippen LogP contribution in [0.3, 0.4) is 0 Å². The number of carbonyl (C=O) groups is 1. The molecule has 4 rings (SSSR count). The van der Waals surface area contributed by atoms with E-state index in [-0.39, 0.29) is 12.0 Å². The number of benzene rings is 2. The molecule has 4 aromatic rings. The van der Waals surface area contributed by atoms with Crippen molar-refractivity contribution in [3.05, 3.63) is 89.2 Å². The van der Waals surface area contributed by atoms with Gasteiger partial charge in [-0.1, -0.05) is 18.2 Å². The average Bonchev–Trinajstić information content (AvgIpc) is 3.13. The summed E-state index contributed by atoms with van der Waals surface area (Å²) in [6, 6.07) is 17.1. The summed E-state index contributed by atoms with van der Waals surface area (Å²) in [5.74, 6) is 0.729. The van der Waals surface area contributed by atoms with Gasteiger partial charge in [-0.15, -0.1) is 10.2 Å². The number of rotatable bonds is 6. The molecule has 0 bridgehead atoms. The van der Waals surface area contributed by atoms with Crippen molar-refractivity contribution in [2.24, 2.45) is 0 Å². The lowest BCUT2D eigenvalue weighted by Crippen LogP contribution is -2.15. The van der Waals surface area contributed by atoms with Crippen LogP contribution in [0.15, 0.2) is 66.7 Å². The minimum absolute atomic E-state index is 0.166. The summed E-state index contributed by atoms with van der Waals surface area (Å²) in [6.07, 6.45) is -4.61. The summed E-state index contributed by atoms with van der Waals surface area (Å²) in [4.78, 5) is 12.3. The van der Waals surface area contributed by atoms with Gasteiger partial charge in [-0.3, -0.25) is 4.79 Å². The number of anilines is 3. The van der Waals surface area contributed by atoms with E-state index in [0.717, 1.165) is 29.2 Å². The Morgan fingerprint density at radius 1 is 0.941 bits per heavy atom. The molecule has 0 aliphatic rings. The summed E-state index contributed by atoms with van der Waals surface area (Å²) < 4.78 is 40.2. The molecule has 34 heavy (non-hydrogen) atoms. The SMILES string of the molecule is Cc1cc(C)n(-c2ccc(Nc3ccc(NC(=O)Cc4cccc(C(F)(F)F)c4)cc3)nn2)n1. The van der Waals surface area contributed by atoms with Crippen LogP contribution >= 0.6 is 0 Å². The van der Waals surface area contributed by atoms with E-state index in [9.17, 15) is 18.0 Å². The molecular weight excluding hydrogens is 445 g/mol. The van der Waals surface area contributed by atoms with Gasteiger partial charge in [0.1, 0.15) is 0 Å². The highest BCUT2D eigenvalue weighted by Gasteiger charge is 2.30. The third-order valence-electron chi connectivity index (χ3n) is 4.94. The van der Waals surface area contributed by atoms with Crippen LogP contribution in [0, 0.1) is 13.8 Å². The molecule has 0 radical (unpaired) electrons. The largest absolute Gasteiger partial charge is 0.416 e. The van der Waals surface area contributed by atoms with Crippen molar-refractivity contribution in [2.75, 3.05) is 10.6 Å². The van der Waals surface area contributed by atoms with Gasteiger partial charge in [-0.25, -0.2) is 4.68 Å². The fraction of sp³-hybridized carbons (Fsp3) is 0.167. The van der Waals surface area contributed by atoms with Gasteiger partial charge in [0, 0.05) is 17.1 Å². The van der Waals surface area contributed by atoms with Crippen LogP contribution in [0.25, 0.3) is 5.82 Å². The number of aryl methyl sites for hydroxylation is 2. The quantitative estimate of drug-likeness (QED) is 0.407. The van der Waals surface area contributed by atoms with E-state index in [4.69, 9.17) is 0 Å². The van der Waals surface area contributed by atoms with Crippen LogP contribution in [0.2, 0.25) is 0 Å². The minimum Gasteiger partial charge on any atom is -0.339 e. The second-order valence-corrected chi connectivity index (χ2v) is 7.74. The highest BCUT2D eigenvalue weighted by atomic mass is 19.4. The molecule has 0 atom stereocenters. The van der Waals surface area contributed by atoms with Crippen molar-refractivity contribution < 1.29 is 18.0 Å². The predicted octanol–water partition coefficient (Wildman–Crippen LogP) is 5.22. The molecule has 0 fully saturated rings. The van der Waals surface area contributed by atoms with E-state index in [1.54, 1.807) is 41.1 Å². The lowest BCUT2D eigenvalue weighted by Gasteiger charge is -2.10. The lowest BCUT2D eigenvalue weighted by molar-refractivity contribution is -0.137.